The van der Waals surface area contributed by atoms with E-state index in [1.165, 1.54) is 18.2 Å². The van der Waals surface area contributed by atoms with Crippen molar-refractivity contribution in [2.45, 2.75) is 36.9 Å². The molecule has 1 atom stereocenters. The molecule has 37 heavy (non-hydrogen) atoms. The Morgan fingerprint density at radius 3 is 2.38 bits per heavy atom. The third-order valence-electron chi connectivity index (χ3n) is 5.75. The maximum absolute atomic E-state index is 14.2. The van der Waals surface area contributed by atoms with Crippen LogP contribution in [0, 0.1) is 5.82 Å². The Balaban J connectivity index is 1.57. The first kappa shape index (κ1) is 27.8. The van der Waals surface area contributed by atoms with Crippen molar-refractivity contribution >= 4 is 46.6 Å². The topological polar surface area (TPSA) is 51.1 Å². The molecular formula is C22H15Cl2F7N2O3S. The Morgan fingerprint density at radius 1 is 1.08 bits per heavy atom. The van der Waals surface area contributed by atoms with Gasteiger partial charge in [-0.05, 0) is 46.7 Å². The monoisotopic (exact) mass is 590 g/mol. The standard InChI is InChI=1S/C22H15Cl2F7N2O3S/c23-15-4-14(5-16(24)19(15)25)20(21(26,27)28)6-17(32-36-20)11-1-2-12-7-33(10-35-8-13(12)3-11)18(34)9-37-22(29,30)31/h1-5H,6-10H2. The summed E-state index contributed by atoms with van der Waals surface area (Å²) < 4.78 is 99.2. The molecule has 0 aliphatic carbocycles. The van der Waals surface area contributed by atoms with E-state index in [9.17, 15) is 35.5 Å². The predicted molar refractivity (Wildman–Crippen MR) is 122 cm³/mol. The molecule has 2 aliphatic rings. The second-order valence-electron chi connectivity index (χ2n) is 8.17. The Kier molecular flexibility index (Phi) is 7.63. The number of oxime groups is 1. The van der Waals surface area contributed by atoms with Gasteiger partial charge in [0.1, 0.15) is 6.73 Å². The van der Waals surface area contributed by atoms with E-state index in [1.54, 1.807) is 0 Å². The van der Waals surface area contributed by atoms with Crippen molar-refractivity contribution in [3.63, 3.8) is 0 Å². The van der Waals surface area contributed by atoms with Gasteiger partial charge in [-0.2, -0.15) is 26.3 Å². The lowest BCUT2D eigenvalue weighted by Gasteiger charge is -2.29. The first-order valence-electron chi connectivity index (χ1n) is 10.4. The lowest BCUT2D eigenvalue weighted by atomic mass is 9.86. The number of ether oxygens (including phenoxy) is 1. The average molecular weight is 591 g/mol. The molecule has 1 amide bonds. The summed E-state index contributed by atoms with van der Waals surface area (Å²) in [6.45, 7) is -0.343. The normalized spacial score (nSPS) is 20.2. The van der Waals surface area contributed by atoms with Gasteiger partial charge >= 0.3 is 11.7 Å². The minimum Gasteiger partial charge on any atom is -0.374 e. The van der Waals surface area contributed by atoms with E-state index >= 15 is 0 Å². The second kappa shape index (κ2) is 10.2. The fourth-order valence-electron chi connectivity index (χ4n) is 3.85. The fourth-order valence-corrected chi connectivity index (χ4v) is 4.81. The number of benzene rings is 2. The van der Waals surface area contributed by atoms with Crippen molar-refractivity contribution in [2.75, 3.05) is 12.5 Å². The summed E-state index contributed by atoms with van der Waals surface area (Å²) in [5.74, 6) is -2.66. The number of nitrogens with zero attached hydrogens (tertiary/aromatic N) is 2. The lowest BCUT2D eigenvalue weighted by Crippen LogP contribution is -2.42. The SMILES string of the molecule is O=C(CSC(F)(F)F)N1COCc2cc(C3=NOC(c4cc(Cl)c(F)c(Cl)c4)(C(F)(F)F)C3)ccc2C1. The van der Waals surface area contributed by atoms with E-state index in [0.717, 1.165) is 17.0 Å². The van der Waals surface area contributed by atoms with Gasteiger partial charge in [0.15, 0.2) is 5.82 Å². The molecule has 5 nitrogen and oxygen atoms in total. The van der Waals surface area contributed by atoms with Crippen LogP contribution in [-0.2, 0) is 33.1 Å². The molecule has 4 rings (SSSR count). The van der Waals surface area contributed by atoms with Crippen molar-refractivity contribution in [1.29, 1.82) is 0 Å². The Labute approximate surface area is 219 Å². The van der Waals surface area contributed by atoms with Crippen molar-refractivity contribution < 1.29 is 45.1 Å². The van der Waals surface area contributed by atoms with Crippen molar-refractivity contribution in [3.05, 3.63) is 68.4 Å². The number of hydrogen-bond acceptors (Lipinski definition) is 5. The molecule has 2 aromatic carbocycles. The van der Waals surface area contributed by atoms with Crippen LogP contribution < -0.4 is 0 Å². The Hall–Kier alpha value is -2.22. The van der Waals surface area contributed by atoms with E-state index in [1.807, 2.05) is 0 Å². The molecule has 2 aromatic rings. The average Bonchev–Trinajstić information content (AvgIpc) is 3.17. The van der Waals surface area contributed by atoms with Crippen LogP contribution in [0.25, 0.3) is 0 Å². The number of carbonyl (C=O) groups is 1. The van der Waals surface area contributed by atoms with Gasteiger partial charge < -0.3 is 14.5 Å². The minimum atomic E-state index is -4.98. The summed E-state index contributed by atoms with van der Waals surface area (Å²) in [4.78, 5) is 18.2. The minimum absolute atomic E-state index is 0.0406. The molecule has 0 bridgehead atoms. The number of fused-ring (bicyclic) bond motifs is 1. The number of rotatable bonds is 4. The Bertz CT molecular complexity index is 1230. The zero-order valence-electron chi connectivity index (χ0n) is 18.4. The molecule has 0 N–H and O–H groups in total. The van der Waals surface area contributed by atoms with Crippen molar-refractivity contribution in [1.82, 2.24) is 4.90 Å². The molecule has 1 unspecified atom stereocenters. The highest BCUT2D eigenvalue weighted by Crippen LogP contribution is 2.50. The smallest absolute Gasteiger partial charge is 0.374 e. The Morgan fingerprint density at radius 2 is 1.76 bits per heavy atom. The number of amides is 1. The molecule has 0 aromatic heterocycles. The highest BCUT2D eigenvalue weighted by molar-refractivity contribution is 8.00. The predicted octanol–water partition coefficient (Wildman–Crippen LogP) is 6.78. The number of halogens is 9. The summed E-state index contributed by atoms with van der Waals surface area (Å²) in [5.41, 5.74) is -6.81. The van der Waals surface area contributed by atoms with Gasteiger partial charge in [0.05, 0.1) is 28.1 Å². The molecule has 200 valence electrons. The number of carbonyl (C=O) groups excluding carboxylic acids is 1. The highest BCUT2D eigenvalue weighted by atomic mass is 35.5. The lowest BCUT2D eigenvalue weighted by molar-refractivity contribution is -0.275. The quantitative estimate of drug-likeness (QED) is 0.291. The fraction of sp³-hybridized carbons (Fsp3) is 0.364. The van der Waals surface area contributed by atoms with Gasteiger partial charge in [-0.25, -0.2) is 4.39 Å². The summed E-state index contributed by atoms with van der Waals surface area (Å²) in [7, 11) is 0. The van der Waals surface area contributed by atoms with Crippen molar-refractivity contribution in [2.24, 2.45) is 5.16 Å². The number of alkyl halides is 6. The van der Waals surface area contributed by atoms with Gasteiger partial charge in [-0.15, -0.1) is 0 Å². The zero-order chi connectivity index (χ0) is 27.2. The van der Waals surface area contributed by atoms with Crippen LogP contribution in [0.1, 0.15) is 28.7 Å². The molecule has 2 heterocycles. The summed E-state index contributed by atoms with van der Waals surface area (Å²) in [6, 6.07) is 6.05. The molecule has 0 fully saturated rings. The summed E-state index contributed by atoms with van der Waals surface area (Å²) >= 11 is 11.0. The molecule has 0 radical (unpaired) electrons. The van der Waals surface area contributed by atoms with Gasteiger partial charge in [0.2, 0.25) is 5.91 Å². The third-order valence-corrected chi connectivity index (χ3v) is 7.02. The molecule has 15 heteroatoms. The number of hydrogen-bond donors (Lipinski definition) is 0. The van der Waals surface area contributed by atoms with Crippen LogP contribution in [0.4, 0.5) is 30.7 Å². The van der Waals surface area contributed by atoms with Gasteiger partial charge in [0.25, 0.3) is 5.60 Å². The van der Waals surface area contributed by atoms with E-state index in [4.69, 9.17) is 32.8 Å². The van der Waals surface area contributed by atoms with E-state index < -0.39 is 68.6 Å². The molecule has 0 saturated heterocycles. The highest BCUT2D eigenvalue weighted by Gasteiger charge is 2.62. The third kappa shape index (κ3) is 5.79. The van der Waals surface area contributed by atoms with Crippen LogP contribution in [0.15, 0.2) is 35.5 Å². The van der Waals surface area contributed by atoms with E-state index in [2.05, 4.69) is 5.16 Å². The first-order chi connectivity index (χ1) is 17.2. The van der Waals surface area contributed by atoms with Crippen LogP contribution >= 0.6 is 35.0 Å². The van der Waals surface area contributed by atoms with Gasteiger partial charge in [-0.3, -0.25) is 4.79 Å². The maximum Gasteiger partial charge on any atom is 0.442 e. The largest absolute Gasteiger partial charge is 0.442 e. The zero-order valence-corrected chi connectivity index (χ0v) is 20.7. The molecule has 0 saturated carbocycles. The van der Waals surface area contributed by atoms with Gasteiger partial charge in [0, 0.05) is 18.5 Å². The molecular weight excluding hydrogens is 576 g/mol. The van der Waals surface area contributed by atoms with Crippen LogP contribution in [0.3, 0.4) is 0 Å². The maximum atomic E-state index is 14.2. The second-order valence-corrected chi connectivity index (χ2v) is 10.0. The summed E-state index contributed by atoms with van der Waals surface area (Å²) in [5, 5.41) is 2.42. The van der Waals surface area contributed by atoms with Crippen LogP contribution in [0.5, 0.6) is 0 Å². The molecule has 2 aliphatic heterocycles. The van der Waals surface area contributed by atoms with Crippen LogP contribution in [-0.4, -0.2) is 40.7 Å². The molecule has 0 spiro atoms. The summed E-state index contributed by atoms with van der Waals surface area (Å²) in [6.07, 6.45) is -5.75. The van der Waals surface area contributed by atoms with Crippen LogP contribution in [0.2, 0.25) is 10.0 Å². The van der Waals surface area contributed by atoms with Crippen molar-refractivity contribution in [3.8, 4) is 0 Å². The van der Waals surface area contributed by atoms with E-state index in [-0.39, 0.29) is 31.2 Å². The van der Waals surface area contributed by atoms with E-state index in [0.29, 0.717) is 11.1 Å². The first-order valence-corrected chi connectivity index (χ1v) is 12.1. The van der Waals surface area contributed by atoms with Gasteiger partial charge in [-0.1, -0.05) is 40.5 Å². The number of thioether (sulfide) groups is 1.